The first-order valence-corrected chi connectivity index (χ1v) is 19.7. The van der Waals surface area contributed by atoms with E-state index >= 15 is 0 Å². The van der Waals surface area contributed by atoms with E-state index in [1.54, 1.807) is 0 Å². The van der Waals surface area contributed by atoms with Crippen LogP contribution in [0.15, 0.2) is 180 Å². The molecule has 56 heavy (non-hydrogen) atoms. The first-order chi connectivity index (χ1) is 27.3. The molecule has 0 spiro atoms. The summed E-state index contributed by atoms with van der Waals surface area (Å²) in [4.78, 5) is 2.54. The number of hydrogen-bond acceptors (Lipinski definition) is 2. The van der Waals surface area contributed by atoms with Gasteiger partial charge >= 0.3 is 0 Å². The average molecular weight is 720 g/mol. The number of para-hydroxylation sites is 1. The minimum absolute atomic E-state index is 0.281. The van der Waals surface area contributed by atoms with Crippen LogP contribution in [0.2, 0.25) is 0 Å². The summed E-state index contributed by atoms with van der Waals surface area (Å²) in [5, 5.41) is 2.35. The highest BCUT2D eigenvalue weighted by atomic mass is 16.3. The quantitative estimate of drug-likeness (QED) is 0.180. The molecule has 2 heteroatoms. The minimum atomic E-state index is -0.350. The van der Waals surface area contributed by atoms with E-state index in [1.165, 1.54) is 89.2 Å². The van der Waals surface area contributed by atoms with E-state index in [1.807, 2.05) is 0 Å². The normalized spacial score (nSPS) is 14.7. The first-order valence-electron chi connectivity index (χ1n) is 19.7. The van der Waals surface area contributed by atoms with Crippen LogP contribution < -0.4 is 4.90 Å². The molecule has 0 aliphatic carbocycles. The summed E-state index contributed by atoms with van der Waals surface area (Å²) < 4.78 is 6.89. The van der Waals surface area contributed by atoms with Gasteiger partial charge in [0.1, 0.15) is 11.2 Å². The van der Waals surface area contributed by atoms with Crippen LogP contribution in [0.5, 0.6) is 0 Å². The Morgan fingerprint density at radius 1 is 0.375 bits per heavy atom. The summed E-state index contributed by atoms with van der Waals surface area (Å²) in [6.45, 7) is 9.58. The van der Waals surface area contributed by atoms with Gasteiger partial charge in [-0.15, -0.1) is 0 Å². The SMILES string of the molecule is CC1(C)c2cc(-c3ccc(-c4ccccc4)cc3)ccc2N2c3ccc(-c4ccc(-c5ccccc5)cc4)cc3C(C)(C)c3c2c1cc1c3oc2ccccc21. The van der Waals surface area contributed by atoms with Crippen molar-refractivity contribution < 1.29 is 4.42 Å². The zero-order valence-corrected chi connectivity index (χ0v) is 32.1. The fraction of sp³-hybridized carbons (Fsp3) is 0.111. The summed E-state index contributed by atoms with van der Waals surface area (Å²) >= 11 is 0. The lowest BCUT2D eigenvalue weighted by molar-refractivity contribution is 0.583. The maximum Gasteiger partial charge on any atom is 0.141 e. The number of benzene rings is 8. The highest BCUT2D eigenvalue weighted by Crippen LogP contribution is 2.62. The number of anilines is 3. The summed E-state index contributed by atoms with van der Waals surface area (Å²) in [6.07, 6.45) is 0. The van der Waals surface area contributed by atoms with Gasteiger partial charge in [-0.2, -0.15) is 0 Å². The molecule has 0 amide bonds. The van der Waals surface area contributed by atoms with Crippen molar-refractivity contribution in [3.63, 3.8) is 0 Å². The second kappa shape index (κ2) is 11.9. The Morgan fingerprint density at radius 3 is 1.34 bits per heavy atom. The second-order valence-corrected chi connectivity index (χ2v) is 16.6. The van der Waals surface area contributed by atoms with Crippen LogP contribution in [-0.4, -0.2) is 0 Å². The lowest BCUT2D eigenvalue weighted by Gasteiger charge is -2.49. The van der Waals surface area contributed by atoms with Crippen molar-refractivity contribution in [1.29, 1.82) is 0 Å². The molecular formula is C54H41NO. The smallest absolute Gasteiger partial charge is 0.141 e. The molecular weight excluding hydrogens is 679 g/mol. The van der Waals surface area contributed by atoms with Gasteiger partial charge in [0, 0.05) is 27.2 Å². The van der Waals surface area contributed by atoms with Crippen molar-refractivity contribution in [2.75, 3.05) is 4.90 Å². The Kier molecular flexibility index (Phi) is 6.98. The topological polar surface area (TPSA) is 16.4 Å². The minimum Gasteiger partial charge on any atom is -0.456 e. The van der Waals surface area contributed by atoms with Crippen LogP contribution in [0, 0.1) is 0 Å². The molecule has 3 heterocycles. The van der Waals surface area contributed by atoms with Gasteiger partial charge in [0.05, 0.1) is 17.1 Å². The van der Waals surface area contributed by atoms with E-state index in [-0.39, 0.29) is 10.8 Å². The van der Waals surface area contributed by atoms with E-state index in [0.29, 0.717) is 0 Å². The summed E-state index contributed by atoms with van der Waals surface area (Å²) in [7, 11) is 0. The van der Waals surface area contributed by atoms with Crippen LogP contribution in [0.1, 0.15) is 49.9 Å². The third-order valence-electron chi connectivity index (χ3n) is 12.6. The molecule has 2 nitrogen and oxygen atoms in total. The summed E-state index contributed by atoms with van der Waals surface area (Å²) in [6, 6.07) is 64.4. The Morgan fingerprint density at radius 2 is 0.804 bits per heavy atom. The van der Waals surface area contributed by atoms with Gasteiger partial charge in [-0.1, -0.05) is 167 Å². The zero-order valence-electron chi connectivity index (χ0n) is 32.1. The molecule has 0 atom stereocenters. The molecule has 11 rings (SSSR count). The molecule has 0 unspecified atom stereocenters. The Labute approximate surface area is 328 Å². The van der Waals surface area contributed by atoms with E-state index in [2.05, 4.69) is 209 Å². The van der Waals surface area contributed by atoms with E-state index in [9.17, 15) is 0 Å². The summed E-state index contributed by atoms with van der Waals surface area (Å²) in [5.74, 6) is 0. The molecule has 0 saturated carbocycles. The highest BCUT2D eigenvalue weighted by Gasteiger charge is 2.47. The molecule has 1 aromatic heterocycles. The van der Waals surface area contributed by atoms with Crippen LogP contribution in [-0.2, 0) is 10.8 Å². The fourth-order valence-corrected chi connectivity index (χ4v) is 9.58. The molecule has 0 N–H and O–H groups in total. The van der Waals surface area contributed by atoms with Crippen molar-refractivity contribution in [1.82, 2.24) is 0 Å². The van der Waals surface area contributed by atoms with Crippen molar-refractivity contribution in [2.24, 2.45) is 0 Å². The molecule has 0 radical (unpaired) electrons. The molecule has 8 aromatic carbocycles. The monoisotopic (exact) mass is 719 g/mol. The molecule has 0 saturated heterocycles. The Hall–Kier alpha value is -6.64. The van der Waals surface area contributed by atoms with Gasteiger partial charge in [-0.25, -0.2) is 0 Å². The lowest BCUT2D eigenvalue weighted by Crippen LogP contribution is -2.38. The molecule has 0 fully saturated rings. The molecule has 2 aliphatic heterocycles. The van der Waals surface area contributed by atoms with Crippen LogP contribution in [0.4, 0.5) is 17.1 Å². The highest BCUT2D eigenvalue weighted by molar-refractivity contribution is 6.11. The van der Waals surface area contributed by atoms with Gasteiger partial charge < -0.3 is 9.32 Å². The third-order valence-corrected chi connectivity index (χ3v) is 12.6. The number of nitrogens with zero attached hydrogens (tertiary/aromatic N) is 1. The number of furan rings is 1. The van der Waals surface area contributed by atoms with E-state index in [4.69, 9.17) is 4.42 Å². The first kappa shape index (κ1) is 32.8. The molecule has 2 aliphatic rings. The van der Waals surface area contributed by atoms with Crippen molar-refractivity contribution in [3.05, 3.63) is 198 Å². The standard InChI is InChI=1S/C54H41NO/c1-53(2)44-31-40(38-23-19-36(20-24-38)34-13-7-5-8-14-34)27-29-47(44)55-48-30-28-41(39-25-21-37(22-26-39)35-15-9-6-10-16-35)32-45(48)54(3,4)50-51(55)46(53)33-43-42-17-11-12-18-49(42)56-52(43)50/h5-33H,1-4H3. The zero-order chi connectivity index (χ0) is 37.8. The molecule has 0 bridgehead atoms. The van der Waals surface area contributed by atoms with Gasteiger partial charge in [0.25, 0.3) is 0 Å². The predicted octanol–water partition coefficient (Wildman–Crippen LogP) is 15.0. The van der Waals surface area contributed by atoms with Crippen LogP contribution in [0.3, 0.4) is 0 Å². The molecule has 9 aromatic rings. The number of rotatable bonds is 4. The second-order valence-electron chi connectivity index (χ2n) is 16.6. The maximum atomic E-state index is 6.89. The molecule has 268 valence electrons. The summed E-state index contributed by atoms with van der Waals surface area (Å²) in [5.41, 5.74) is 19.9. The van der Waals surface area contributed by atoms with Crippen molar-refractivity contribution in [3.8, 4) is 44.5 Å². The Balaban J connectivity index is 1.11. The average Bonchev–Trinajstić information content (AvgIpc) is 3.62. The fourth-order valence-electron chi connectivity index (χ4n) is 9.58. The van der Waals surface area contributed by atoms with Crippen LogP contribution >= 0.6 is 0 Å². The van der Waals surface area contributed by atoms with Gasteiger partial charge in [-0.05, 0) is 97.6 Å². The van der Waals surface area contributed by atoms with Gasteiger partial charge in [0.2, 0.25) is 0 Å². The Bertz CT molecular complexity index is 2980. The third kappa shape index (κ3) is 4.75. The van der Waals surface area contributed by atoms with Crippen LogP contribution in [0.25, 0.3) is 66.4 Å². The number of hydrogen-bond donors (Lipinski definition) is 0. The lowest BCUT2D eigenvalue weighted by atomic mass is 9.65. The van der Waals surface area contributed by atoms with E-state index in [0.717, 1.165) is 16.6 Å². The van der Waals surface area contributed by atoms with E-state index < -0.39 is 0 Å². The maximum absolute atomic E-state index is 6.89. The van der Waals surface area contributed by atoms with Crippen molar-refractivity contribution in [2.45, 2.75) is 38.5 Å². The predicted molar refractivity (Wildman–Crippen MR) is 234 cm³/mol. The largest absolute Gasteiger partial charge is 0.456 e. The van der Waals surface area contributed by atoms with Gasteiger partial charge in [-0.3, -0.25) is 0 Å². The van der Waals surface area contributed by atoms with Crippen molar-refractivity contribution >= 4 is 39.0 Å². The van der Waals surface area contributed by atoms with Gasteiger partial charge in [0.15, 0.2) is 0 Å². The number of fused-ring (bicyclic) bond motifs is 8.